The van der Waals surface area contributed by atoms with Crippen molar-refractivity contribution < 1.29 is 9.05 Å². The molecule has 98 valence electrons. The zero-order chi connectivity index (χ0) is 13.5. The van der Waals surface area contributed by atoms with Gasteiger partial charge in [-0.25, -0.2) is 0 Å². The summed E-state index contributed by atoms with van der Waals surface area (Å²) < 4.78 is 11.3. The molecule has 0 amide bonds. The van der Waals surface area contributed by atoms with E-state index in [9.17, 15) is 0 Å². The molecular formula is C14H20NO2P. The Hall–Kier alpha value is -0.940. The molecule has 0 aliphatic carbocycles. The van der Waals surface area contributed by atoms with Crippen LogP contribution in [0.5, 0.6) is 0 Å². The first kappa shape index (κ1) is 15.1. The molecular weight excluding hydrogens is 245 g/mol. The first-order valence-corrected chi connectivity index (χ1v) is 7.41. The van der Waals surface area contributed by atoms with Crippen LogP contribution >= 0.6 is 8.38 Å². The zero-order valence-corrected chi connectivity index (χ0v) is 12.3. The SMILES string of the molecule is CCOP(OCC)c1cc(C#N)cc(C(C)C)c1. The fraction of sp³-hybridized carbons (Fsp3) is 0.500. The highest BCUT2D eigenvalue weighted by molar-refractivity contribution is 7.56. The Morgan fingerprint density at radius 2 is 1.78 bits per heavy atom. The van der Waals surface area contributed by atoms with Crippen LogP contribution in [0.2, 0.25) is 0 Å². The molecule has 0 atom stereocenters. The summed E-state index contributed by atoms with van der Waals surface area (Å²) in [7, 11) is -1.07. The van der Waals surface area contributed by atoms with Crippen LogP contribution < -0.4 is 5.30 Å². The molecule has 0 bridgehead atoms. The maximum atomic E-state index is 9.09. The normalized spacial score (nSPS) is 10.9. The van der Waals surface area contributed by atoms with Gasteiger partial charge in [-0.1, -0.05) is 13.8 Å². The second kappa shape index (κ2) is 7.48. The van der Waals surface area contributed by atoms with Crippen molar-refractivity contribution in [3.8, 4) is 6.07 Å². The quantitative estimate of drug-likeness (QED) is 0.737. The maximum absolute atomic E-state index is 9.09. The molecule has 0 N–H and O–H groups in total. The molecule has 0 saturated heterocycles. The third kappa shape index (κ3) is 4.07. The van der Waals surface area contributed by atoms with Gasteiger partial charge in [0, 0.05) is 5.30 Å². The average Bonchev–Trinajstić information content (AvgIpc) is 2.37. The molecule has 0 saturated carbocycles. The summed E-state index contributed by atoms with van der Waals surface area (Å²) in [6.45, 7) is 9.35. The van der Waals surface area contributed by atoms with E-state index in [0.717, 1.165) is 10.9 Å². The van der Waals surface area contributed by atoms with Crippen molar-refractivity contribution in [1.29, 1.82) is 5.26 Å². The second-order valence-corrected chi connectivity index (χ2v) is 5.72. The minimum absolute atomic E-state index is 0.386. The van der Waals surface area contributed by atoms with Crippen LogP contribution in [-0.2, 0) is 9.05 Å². The largest absolute Gasteiger partial charge is 0.331 e. The minimum Gasteiger partial charge on any atom is -0.331 e. The average molecular weight is 265 g/mol. The van der Waals surface area contributed by atoms with Gasteiger partial charge in [-0.3, -0.25) is 0 Å². The van der Waals surface area contributed by atoms with Crippen LogP contribution in [-0.4, -0.2) is 13.2 Å². The zero-order valence-electron chi connectivity index (χ0n) is 11.4. The first-order valence-electron chi connectivity index (χ1n) is 6.23. The van der Waals surface area contributed by atoms with Crippen molar-refractivity contribution in [2.45, 2.75) is 33.6 Å². The highest BCUT2D eigenvalue weighted by Crippen LogP contribution is 2.37. The van der Waals surface area contributed by atoms with Gasteiger partial charge in [0.2, 0.25) is 8.38 Å². The summed E-state index contributed by atoms with van der Waals surface area (Å²) >= 11 is 0. The molecule has 0 aliphatic heterocycles. The van der Waals surface area contributed by atoms with E-state index in [1.807, 2.05) is 26.0 Å². The lowest BCUT2D eigenvalue weighted by Gasteiger charge is -2.17. The number of nitriles is 1. The standard InChI is InChI=1S/C14H20NO2P/c1-5-16-18(17-6-2)14-8-12(10-15)7-13(9-14)11(3)4/h7-9,11H,5-6H2,1-4H3. The summed E-state index contributed by atoms with van der Waals surface area (Å²) in [5, 5.41) is 10.1. The maximum Gasteiger partial charge on any atom is 0.205 e. The van der Waals surface area contributed by atoms with E-state index < -0.39 is 8.38 Å². The lowest BCUT2D eigenvalue weighted by atomic mass is 10.0. The number of hydrogen-bond acceptors (Lipinski definition) is 3. The molecule has 1 aromatic rings. The summed E-state index contributed by atoms with van der Waals surface area (Å²) in [6, 6.07) is 8.08. The van der Waals surface area contributed by atoms with Crippen molar-refractivity contribution in [1.82, 2.24) is 0 Å². The predicted octanol–water partition coefficient (Wildman–Crippen LogP) is 3.69. The third-order valence-corrected chi connectivity index (χ3v) is 4.10. The highest BCUT2D eigenvalue weighted by Gasteiger charge is 2.15. The molecule has 0 spiro atoms. The molecule has 0 aliphatic rings. The van der Waals surface area contributed by atoms with E-state index in [2.05, 4.69) is 26.0 Å². The summed E-state index contributed by atoms with van der Waals surface area (Å²) in [5.74, 6) is 0.386. The van der Waals surface area contributed by atoms with Gasteiger partial charge >= 0.3 is 0 Å². The monoisotopic (exact) mass is 265 g/mol. The van der Waals surface area contributed by atoms with Gasteiger partial charge in [0.25, 0.3) is 0 Å². The van der Waals surface area contributed by atoms with Crippen molar-refractivity contribution >= 4 is 13.7 Å². The third-order valence-electron chi connectivity index (χ3n) is 2.44. The number of hydrogen-bond donors (Lipinski definition) is 0. The van der Waals surface area contributed by atoms with Gasteiger partial charge in [0.1, 0.15) is 0 Å². The molecule has 1 rings (SSSR count). The minimum atomic E-state index is -1.07. The van der Waals surface area contributed by atoms with Crippen molar-refractivity contribution in [2.75, 3.05) is 13.2 Å². The fourth-order valence-corrected chi connectivity index (χ4v) is 2.90. The summed E-state index contributed by atoms with van der Waals surface area (Å²) in [6.07, 6.45) is 0. The van der Waals surface area contributed by atoms with Crippen LogP contribution in [0.1, 0.15) is 44.7 Å². The Morgan fingerprint density at radius 1 is 1.17 bits per heavy atom. The lowest BCUT2D eigenvalue weighted by molar-refractivity contribution is 0.277. The fourth-order valence-electron chi connectivity index (χ4n) is 1.56. The van der Waals surface area contributed by atoms with Crippen LogP contribution in [0.3, 0.4) is 0 Å². The highest BCUT2D eigenvalue weighted by atomic mass is 31.2. The molecule has 4 heteroatoms. The number of benzene rings is 1. The van der Waals surface area contributed by atoms with Gasteiger partial charge in [0.05, 0.1) is 24.8 Å². The van der Waals surface area contributed by atoms with Crippen molar-refractivity contribution in [2.24, 2.45) is 0 Å². The van der Waals surface area contributed by atoms with E-state index >= 15 is 0 Å². The smallest absolute Gasteiger partial charge is 0.205 e. The van der Waals surface area contributed by atoms with Crippen LogP contribution in [0.4, 0.5) is 0 Å². The van der Waals surface area contributed by atoms with E-state index in [0.29, 0.717) is 24.7 Å². The molecule has 1 aromatic carbocycles. The predicted molar refractivity (Wildman–Crippen MR) is 75.1 cm³/mol. The van der Waals surface area contributed by atoms with Gasteiger partial charge in [0.15, 0.2) is 0 Å². The lowest BCUT2D eigenvalue weighted by Crippen LogP contribution is -2.09. The topological polar surface area (TPSA) is 42.2 Å². The van der Waals surface area contributed by atoms with Gasteiger partial charge in [-0.2, -0.15) is 5.26 Å². The molecule has 0 unspecified atom stereocenters. The molecule has 0 heterocycles. The van der Waals surface area contributed by atoms with E-state index in [-0.39, 0.29) is 0 Å². The second-order valence-electron chi connectivity index (χ2n) is 4.17. The molecule has 0 aromatic heterocycles. The molecule has 0 radical (unpaired) electrons. The van der Waals surface area contributed by atoms with Crippen molar-refractivity contribution in [3.63, 3.8) is 0 Å². The van der Waals surface area contributed by atoms with Gasteiger partial charge in [-0.15, -0.1) is 0 Å². The Balaban J connectivity index is 3.12. The van der Waals surface area contributed by atoms with Crippen LogP contribution in [0, 0.1) is 11.3 Å². The Kier molecular flexibility index (Phi) is 6.29. The van der Waals surface area contributed by atoms with Gasteiger partial charge in [-0.05, 0) is 43.5 Å². The first-order chi connectivity index (χ1) is 8.62. The molecule has 0 fully saturated rings. The molecule has 18 heavy (non-hydrogen) atoms. The number of rotatable bonds is 6. The van der Waals surface area contributed by atoms with E-state index in [1.165, 1.54) is 0 Å². The Morgan fingerprint density at radius 3 is 2.22 bits per heavy atom. The Labute approximate surface area is 111 Å². The Bertz CT molecular complexity index is 420. The van der Waals surface area contributed by atoms with Crippen molar-refractivity contribution in [3.05, 3.63) is 29.3 Å². The summed E-state index contributed by atoms with van der Waals surface area (Å²) in [4.78, 5) is 0. The van der Waals surface area contributed by atoms with Crippen LogP contribution in [0.25, 0.3) is 0 Å². The molecule has 3 nitrogen and oxygen atoms in total. The van der Waals surface area contributed by atoms with Gasteiger partial charge < -0.3 is 9.05 Å². The summed E-state index contributed by atoms with van der Waals surface area (Å²) in [5.41, 5.74) is 1.82. The van der Waals surface area contributed by atoms with E-state index in [4.69, 9.17) is 14.3 Å². The number of nitrogens with zero attached hydrogens (tertiary/aromatic N) is 1. The van der Waals surface area contributed by atoms with E-state index in [1.54, 1.807) is 0 Å². The van der Waals surface area contributed by atoms with Crippen LogP contribution in [0.15, 0.2) is 18.2 Å².